The van der Waals surface area contributed by atoms with Crippen LogP contribution < -0.4 is 0 Å². The summed E-state index contributed by atoms with van der Waals surface area (Å²) in [5.41, 5.74) is 0.899. The lowest BCUT2D eigenvalue weighted by Crippen LogP contribution is -2.24. The van der Waals surface area contributed by atoms with Crippen molar-refractivity contribution < 1.29 is 19.1 Å². The number of rotatable bonds is 15. The smallest absolute Gasteiger partial charge is 0.309 e. The molecule has 0 fully saturated rings. The molecule has 0 amide bonds. The Hall–Kier alpha value is -0.970. The molecule has 7 heteroatoms. The molecule has 0 bridgehead atoms. The maximum absolute atomic E-state index is 12.6. The lowest BCUT2D eigenvalue weighted by molar-refractivity contribution is -0.156. The molecule has 30 heavy (non-hydrogen) atoms. The average Bonchev–Trinajstić information content (AvgIpc) is 2.71. The van der Waals surface area contributed by atoms with Crippen LogP contribution in [0.5, 0.6) is 0 Å². The van der Waals surface area contributed by atoms with E-state index in [0.29, 0.717) is 6.42 Å². The Morgan fingerprint density at radius 3 is 2.10 bits per heavy atom. The van der Waals surface area contributed by atoms with Crippen molar-refractivity contribution in [1.82, 2.24) is 0 Å². The van der Waals surface area contributed by atoms with Gasteiger partial charge in [-0.15, -0.1) is 0 Å². The second kappa shape index (κ2) is 15.8. The molecular weight excluding hydrogens is 447 g/mol. The van der Waals surface area contributed by atoms with Gasteiger partial charge in [0.25, 0.3) is 0 Å². The Bertz CT molecular complexity index is 602. The number of carbonyl (C=O) groups is 2. The highest BCUT2D eigenvalue weighted by Crippen LogP contribution is 2.26. The Balaban J connectivity index is 2.46. The summed E-state index contributed by atoms with van der Waals surface area (Å²) < 4.78 is 8.75. The molecule has 0 unspecified atom stereocenters. The summed E-state index contributed by atoms with van der Waals surface area (Å²) >= 11 is 16.9. The number of alkyl halides is 3. The van der Waals surface area contributed by atoms with Gasteiger partial charge in [0.2, 0.25) is 3.79 Å². The predicted octanol–water partition coefficient (Wildman–Crippen LogP) is 7.18. The first-order valence-electron chi connectivity index (χ1n) is 10.7. The van der Waals surface area contributed by atoms with Crippen LogP contribution in [0.15, 0.2) is 30.3 Å². The Labute approximate surface area is 195 Å². The first kappa shape index (κ1) is 27.1. The maximum atomic E-state index is 12.6. The summed E-state index contributed by atoms with van der Waals surface area (Å²) in [6.07, 6.45) is 9.76. The van der Waals surface area contributed by atoms with Crippen molar-refractivity contribution in [2.75, 3.05) is 6.61 Å². The van der Waals surface area contributed by atoms with Gasteiger partial charge >= 0.3 is 11.9 Å². The topological polar surface area (TPSA) is 52.6 Å². The molecule has 4 nitrogen and oxygen atoms in total. The van der Waals surface area contributed by atoms with Crippen LogP contribution in [0.1, 0.15) is 76.7 Å². The first-order valence-corrected chi connectivity index (χ1v) is 11.9. The number of carbonyl (C=O) groups excluding carboxylic acids is 2. The third kappa shape index (κ3) is 14.1. The minimum atomic E-state index is -1.67. The quantitative estimate of drug-likeness (QED) is 0.152. The molecule has 0 aliphatic carbocycles. The highest BCUT2D eigenvalue weighted by molar-refractivity contribution is 6.67. The van der Waals surface area contributed by atoms with E-state index in [1.807, 2.05) is 30.3 Å². The maximum Gasteiger partial charge on any atom is 0.309 e. The molecule has 0 aliphatic rings. The fourth-order valence-electron chi connectivity index (χ4n) is 3.10. The van der Waals surface area contributed by atoms with E-state index in [2.05, 4.69) is 6.92 Å². The summed E-state index contributed by atoms with van der Waals surface area (Å²) in [6.45, 7) is 2.03. The van der Waals surface area contributed by atoms with Crippen molar-refractivity contribution >= 4 is 46.7 Å². The lowest BCUT2D eigenvalue weighted by atomic mass is 9.97. The zero-order valence-electron chi connectivity index (χ0n) is 17.7. The molecule has 1 aromatic rings. The van der Waals surface area contributed by atoms with Crippen molar-refractivity contribution in [3.63, 3.8) is 0 Å². The summed E-state index contributed by atoms with van der Waals surface area (Å²) in [5, 5.41) is 0. The summed E-state index contributed by atoms with van der Waals surface area (Å²) in [6, 6.07) is 9.44. The fourth-order valence-corrected chi connectivity index (χ4v) is 3.26. The van der Waals surface area contributed by atoms with Gasteiger partial charge in [0.05, 0.1) is 12.3 Å². The number of esters is 2. The van der Waals surface area contributed by atoms with Gasteiger partial charge in [-0.05, 0) is 12.0 Å². The second-order valence-corrected chi connectivity index (χ2v) is 10.0. The van der Waals surface area contributed by atoms with E-state index in [9.17, 15) is 9.59 Å². The van der Waals surface area contributed by atoms with Crippen LogP contribution >= 0.6 is 34.8 Å². The molecular formula is C23H33Cl3O4. The largest absolute Gasteiger partial charge is 0.461 e. The molecule has 170 valence electrons. The molecule has 1 aromatic carbocycles. The van der Waals surface area contributed by atoms with Crippen molar-refractivity contribution in [1.29, 1.82) is 0 Å². The molecule has 0 aliphatic heterocycles. The number of hydrogen-bond acceptors (Lipinski definition) is 4. The molecule has 0 N–H and O–H groups in total. The Morgan fingerprint density at radius 1 is 0.900 bits per heavy atom. The van der Waals surface area contributed by atoms with E-state index in [1.165, 1.54) is 32.1 Å². The van der Waals surface area contributed by atoms with Crippen LogP contribution in [0.4, 0.5) is 0 Å². The van der Waals surface area contributed by atoms with Crippen LogP contribution in [-0.4, -0.2) is 22.3 Å². The molecule has 0 heterocycles. The predicted molar refractivity (Wildman–Crippen MR) is 123 cm³/mol. The molecule has 1 rings (SSSR count). The number of halogens is 3. The van der Waals surface area contributed by atoms with Crippen molar-refractivity contribution in [2.45, 2.75) is 81.5 Å². The number of hydrogen-bond donors (Lipinski definition) is 0. The molecule has 0 aromatic heterocycles. The van der Waals surface area contributed by atoms with Gasteiger partial charge in [-0.3, -0.25) is 9.59 Å². The van der Waals surface area contributed by atoms with Crippen molar-refractivity contribution in [2.24, 2.45) is 5.92 Å². The van der Waals surface area contributed by atoms with E-state index in [-0.39, 0.29) is 19.6 Å². The summed E-state index contributed by atoms with van der Waals surface area (Å²) in [5.74, 6) is -1.52. The molecule has 1 atom stereocenters. The van der Waals surface area contributed by atoms with E-state index < -0.39 is 21.6 Å². The standard InChI is InChI=1S/C23H33Cl3O4/c1-2-3-4-5-6-7-8-12-15-20(16-21(27)30-18-23(24,25)26)22(28)29-17-19-13-10-9-11-14-19/h9-11,13-14,20H,2-8,12,15-18H2,1H3/t20-/m1/s1. The first-order chi connectivity index (χ1) is 14.3. The Morgan fingerprint density at radius 2 is 1.50 bits per heavy atom. The van der Waals surface area contributed by atoms with E-state index >= 15 is 0 Å². The van der Waals surface area contributed by atoms with Gasteiger partial charge in [-0.1, -0.05) is 123 Å². The normalized spacial score (nSPS) is 12.4. The van der Waals surface area contributed by atoms with Gasteiger partial charge in [0, 0.05) is 0 Å². The minimum absolute atomic E-state index is 0.0785. The van der Waals surface area contributed by atoms with Gasteiger partial charge in [-0.25, -0.2) is 0 Å². The number of unbranched alkanes of at least 4 members (excludes halogenated alkanes) is 7. The van der Waals surface area contributed by atoms with E-state index in [4.69, 9.17) is 44.3 Å². The molecule has 0 saturated heterocycles. The van der Waals surface area contributed by atoms with Crippen LogP contribution in [0.3, 0.4) is 0 Å². The molecule has 0 spiro atoms. The summed E-state index contributed by atoms with van der Waals surface area (Å²) in [7, 11) is 0. The summed E-state index contributed by atoms with van der Waals surface area (Å²) in [4.78, 5) is 24.7. The average molecular weight is 480 g/mol. The monoisotopic (exact) mass is 478 g/mol. The molecule has 0 saturated carbocycles. The van der Waals surface area contributed by atoms with Crippen molar-refractivity contribution in [3.05, 3.63) is 35.9 Å². The van der Waals surface area contributed by atoms with E-state index in [1.54, 1.807) is 0 Å². The van der Waals surface area contributed by atoms with Crippen LogP contribution in [0.2, 0.25) is 0 Å². The fraction of sp³-hybridized carbons (Fsp3) is 0.652. The zero-order chi connectivity index (χ0) is 22.2. The third-order valence-corrected chi connectivity index (χ3v) is 5.10. The van der Waals surface area contributed by atoms with Crippen molar-refractivity contribution in [3.8, 4) is 0 Å². The lowest BCUT2D eigenvalue weighted by Gasteiger charge is -2.17. The second-order valence-electron chi connectivity index (χ2n) is 7.53. The highest BCUT2D eigenvalue weighted by atomic mass is 35.6. The van der Waals surface area contributed by atoms with Crippen LogP contribution in [0.25, 0.3) is 0 Å². The highest BCUT2D eigenvalue weighted by Gasteiger charge is 2.27. The van der Waals surface area contributed by atoms with Gasteiger partial charge in [0.15, 0.2) is 0 Å². The van der Waals surface area contributed by atoms with Crippen LogP contribution in [-0.2, 0) is 25.7 Å². The Kier molecular flexibility index (Phi) is 14.2. The number of ether oxygens (including phenoxy) is 2. The number of benzene rings is 1. The molecule has 0 radical (unpaired) electrons. The van der Waals surface area contributed by atoms with Gasteiger partial charge < -0.3 is 9.47 Å². The van der Waals surface area contributed by atoms with Crippen LogP contribution in [0, 0.1) is 5.92 Å². The minimum Gasteiger partial charge on any atom is -0.461 e. The van der Waals surface area contributed by atoms with Gasteiger partial charge in [-0.2, -0.15) is 0 Å². The van der Waals surface area contributed by atoms with Gasteiger partial charge in [0.1, 0.15) is 13.2 Å². The van der Waals surface area contributed by atoms with E-state index in [0.717, 1.165) is 24.8 Å². The SMILES string of the molecule is CCCCCCCCCC[C@H](CC(=O)OCC(Cl)(Cl)Cl)C(=O)OCc1ccccc1. The zero-order valence-corrected chi connectivity index (χ0v) is 20.0. The third-order valence-electron chi connectivity index (χ3n) is 4.77.